The van der Waals surface area contributed by atoms with Crippen molar-refractivity contribution in [1.82, 2.24) is 0 Å². The smallest absolute Gasteiger partial charge is 0.0468 e. The largest absolute Gasteiger partial charge is 0.310 e. The van der Waals surface area contributed by atoms with E-state index < -0.39 is 0 Å². The summed E-state index contributed by atoms with van der Waals surface area (Å²) in [6.07, 6.45) is 0. The molecule has 11 aromatic rings. The third-order valence-corrected chi connectivity index (χ3v) is 11.8. The van der Waals surface area contributed by atoms with Crippen LogP contribution in [0.5, 0.6) is 0 Å². The van der Waals surface area contributed by atoms with E-state index in [0.717, 1.165) is 17.1 Å². The summed E-state index contributed by atoms with van der Waals surface area (Å²) in [7, 11) is 0. The minimum absolute atomic E-state index is 1.10. The van der Waals surface area contributed by atoms with Gasteiger partial charge in [-0.25, -0.2) is 0 Å². The highest BCUT2D eigenvalue weighted by Gasteiger charge is 2.17. The Morgan fingerprint density at radius 2 is 0.627 bits per heavy atom. The second-order valence-corrected chi connectivity index (χ2v) is 15.3. The van der Waals surface area contributed by atoms with Crippen molar-refractivity contribution in [2.45, 2.75) is 0 Å². The highest BCUT2D eigenvalue weighted by molar-refractivity contribution is 6.25. The first-order chi connectivity index (χ1) is 29.2. The number of rotatable bonds is 7. The van der Waals surface area contributed by atoms with Crippen molar-refractivity contribution in [1.29, 1.82) is 0 Å². The van der Waals surface area contributed by atoms with E-state index >= 15 is 0 Å². The van der Waals surface area contributed by atoms with E-state index in [4.69, 9.17) is 0 Å². The number of anilines is 3. The van der Waals surface area contributed by atoms with Gasteiger partial charge in [0, 0.05) is 17.1 Å². The van der Waals surface area contributed by atoms with Crippen molar-refractivity contribution in [3.05, 3.63) is 237 Å². The second-order valence-electron chi connectivity index (χ2n) is 15.3. The molecule has 0 aliphatic carbocycles. The van der Waals surface area contributed by atoms with Crippen molar-refractivity contribution >= 4 is 60.2 Å². The van der Waals surface area contributed by atoms with Crippen LogP contribution in [0.1, 0.15) is 0 Å². The zero-order chi connectivity index (χ0) is 39.1. The van der Waals surface area contributed by atoms with Gasteiger partial charge in [-0.15, -0.1) is 0 Å². The van der Waals surface area contributed by atoms with E-state index in [1.165, 1.54) is 87.6 Å². The summed E-state index contributed by atoms with van der Waals surface area (Å²) in [5.74, 6) is 0. The first-order valence-electron chi connectivity index (χ1n) is 20.3. The first-order valence-corrected chi connectivity index (χ1v) is 20.3. The molecule has 276 valence electrons. The molecule has 1 heteroatoms. The molecule has 0 atom stereocenters. The van der Waals surface area contributed by atoms with Crippen LogP contribution in [0.3, 0.4) is 0 Å². The van der Waals surface area contributed by atoms with E-state index in [0.29, 0.717) is 0 Å². The molecule has 0 fully saturated rings. The molecule has 0 aliphatic rings. The van der Waals surface area contributed by atoms with Crippen molar-refractivity contribution in [2.75, 3.05) is 4.90 Å². The maximum Gasteiger partial charge on any atom is 0.0468 e. The summed E-state index contributed by atoms with van der Waals surface area (Å²) >= 11 is 0. The summed E-state index contributed by atoms with van der Waals surface area (Å²) in [5, 5.41) is 10.1. The van der Waals surface area contributed by atoms with Crippen molar-refractivity contribution < 1.29 is 0 Å². The maximum atomic E-state index is 2.41. The Balaban J connectivity index is 1.05. The minimum Gasteiger partial charge on any atom is -0.310 e. The molecule has 11 aromatic carbocycles. The monoisotopic (exact) mass is 749 g/mol. The van der Waals surface area contributed by atoms with Crippen molar-refractivity contribution in [3.63, 3.8) is 0 Å². The van der Waals surface area contributed by atoms with E-state index in [1.807, 2.05) is 0 Å². The summed E-state index contributed by atoms with van der Waals surface area (Å²) < 4.78 is 0. The lowest BCUT2D eigenvalue weighted by Crippen LogP contribution is -2.10. The molecule has 0 unspecified atom stereocenters. The number of nitrogens with zero attached hydrogens (tertiary/aromatic N) is 1. The summed E-state index contributed by atoms with van der Waals surface area (Å²) in [4.78, 5) is 2.41. The molecule has 0 aliphatic heterocycles. The van der Waals surface area contributed by atoms with Gasteiger partial charge >= 0.3 is 0 Å². The number of benzene rings is 11. The molecular formula is C58H39N. The van der Waals surface area contributed by atoms with Crippen LogP contribution < -0.4 is 4.90 Å². The van der Waals surface area contributed by atoms with Gasteiger partial charge in [0.2, 0.25) is 0 Å². The van der Waals surface area contributed by atoms with Gasteiger partial charge in [-0.1, -0.05) is 188 Å². The van der Waals surface area contributed by atoms with Crippen molar-refractivity contribution in [2.24, 2.45) is 0 Å². The number of fused-ring (bicyclic) bond motifs is 7. The van der Waals surface area contributed by atoms with Gasteiger partial charge < -0.3 is 4.90 Å². The summed E-state index contributed by atoms with van der Waals surface area (Å²) in [5.41, 5.74) is 12.9. The second kappa shape index (κ2) is 14.6. The molecule has 0 saturated carbocycles. The van der Waals surface area contributed by atoms with Crippen LogP contribution in [0.15, 0.2) is 237 Å². The van der Waals surface area contributed by atoms with Gasteiger partial charge in [-0.05, 0) is 136 Å². The van der Waals surface area contributed by atoms with Gasteiger partial charge in [-0.2, -0.15) is 0 Å². The molecule has 0 amide bonds. The van der Waals surface area contributed by atoms with Crippen LogP contribution in [-0.4, -0.2) is 0 Å². The van der Waals surface area contributed by atoms with E-state index in [9.17, 15) is 0 Å². The quantitative estimate of drug-likeness (QED) is 0.147. The predicted octanol–water partition coefficient (Wildman–Crippen LogP) is 16.4. The Labute approximate surface area is 344 Å². The van der Waals surface area contributed by atoms with Crippen LogP contribution >= 0.6 is 0 Å². The SMILES string of the molecule is c1ccc(-c2cccc(-c3ccc(N(c4cccc(-c5cccc(-c6cccc7ccccc67)c5)c4)c4ccc5c6ccccc6c6ccccc6c5c4)cc3)c2)cc1. The molecule has 0 N–H and O–H groups in total. The van der Waals surface area contributed by atoms with E-state index in [2.05, 4.69) is 241 Å². The normalized spacial score (nSPS) is 11.4. The molecule has 0 saturated heterocycles. The Morgan fingerprint density at radius 1 is 0.203 bits per heavy atom. The Kier molecular flexibility index (Phi) is 8.56. The highest BCUT2D eigenvalue weighted by atomic mass is 15.1. The average Bonchev–Trinajstić information content (AvgIpc) is 3.32. The fourth-order valence-electron chi connectivity index (χ4n) is 8.96. The molecule has 0 heterocycles. The van der Waals surface area contributed by atoms with E-state index in [1.54, 1.807) is 0 Å². The topological polar surface area (TPSA) is 3.24 Å². The Hall–Kier alpha value is -7.74. The predicted molar refractivity (Wildman–Crippen MR) is 253 cm³/mol. The minimum atomic E-state index is 1.10. The van der Waals surface area contributed by atoms with Crippen molar-refractivity contribution in [3.8, 4) is 44.5 Å². The lowest BCUT2D eigenvalue weighted by molar-refractivity contribution is 1.29. The van der Waals surface area contributed by atoms with E-state index in [-0.39, 0.29) is 0 Å². The van der Waals surface area contributed by atoms with Crippen LogP contribution in [0.4, 0.5) is 17.1 Å². The average molecular weight is 750 g/mol. The fraction of sp³-hybridized carbons (Fsp3) is 0. The summed E-state index contributed by atoms with van der Waals surface area (Å²) in [6.45, 7) is 0. The molecule has 59 heavy (non-hydrogen) atoms. The fourth-order valence-corrected chi connectivity index (χ4v) is 8.96. The third-order valence-electron chi connectivity index (χ3n) is 11.8. The van der Waals surface area contributed by atoms with Gasteiger partial charge in [0.1, 0.15) is 0 Å². The highest BCUT2D eigenvalue weighted by Crippen LogP contribution is 2.42. The lowest BCUT2D eigenvalue weighted by atomic mass is 9.93. The lowest BCUT2D eigenvalue weighted by Gasteiger charge is -2.27. The van der Waals surface area contributed by atoms with Gasteiger partial charge in [0.25, 0.3) is 0 Å². The van der Waals surface area contributed by atoms with Gasteiger partial charge in [0.15, 0.2) is 0 Å². The van der Waals surface area contributed by atoms with Crippen LogP contribution in [0, 0.1) is 0 Å². The number of hydrogen-bond donors (Lipinski definition) is 0. The molecule has 0 aromatic heterocycles. The molecular weight excluding hydrogens is 711 g/mol. The molecule has 0 bridgehead atoms. The van der Waals surface area contributed by atoms with Gasteiger partial charge in [0.05, 0.1) is 0 Å². The molecule has 0 radical (unpaired) electrons. The molecule has 11 rings (SSSR count). The molecule has 1 nitrogen and oxygen atoms in total. The number of hydrogen-bond acceptors (Lipinski definition) is 1. The zero-order valence-electron chi connectivity index (χ0n) is 32.5. The molecule has 0 spiro atoms. The standard InChI is InChI=1S/C58H39N/c1-2-14-40(15-3-1)43-18-10-19-44(36-43)41-30-32-48(33-31-41)59(50-34-35-57-55-27-7-6-25-53(55)54-26-8-9-28-56(54)58(57)39-50)49-23-12-21-46(38-49)45-20-11-22-47(37-45)52-29-13-17-42-16-4-5-24-51(42)52/h1-39H. The van der Waals surface area contributed by atoms with Gasteiger partial charge in [-0.3, -0.25) is 0 Å². The maximum absolute atomic E-state index is 2.41. The van der Waals surface area contributed by atoms with Crippen LogP contribution in [-0.2, 0) is 0 Å². The Bertz CT molecular complexity index is 3280. The van der Waals surface area contributed by atoms with Crippen LogP contribution in [0.2, 0.25) is 0 Å². The van der Waals surface area contributed by atoms with Crippen LogP contribution in [0.25, 0.3) is 87.6 Å². The summed E-state index contributed by atoms with van der Waals surface area (Å²) in [6, 6.07) is 86.2. The first kappa shape index (κ1) is 34.5. The zero-order valence-corrected chi connectivity index (χ0v) is 32.5. The third kappa shape index (κ3) is 6.30. The Morgan fingerprint density at radius 3 is 1.32 bits per heavy atom.